The average Bonchev–Trinajstić information content (AvgIpc) is 2.22. The summed E-state index contributed by atoms with van der Waals surface area (Å²) in [5.41, 5.74) is 0. The summed E-state index contributed by atoms with van der Waals surface area (Å²) in [6, 6.07) is -0.457. The molecule has 0 aromatic heterocycles. The molecule has 3 N–H and O–H groups in total. The van der Waals surface area contributed by atoms with E-state index in [9.17, 15) is 9.59 Å². The van der Waals surface area contributed by atoms with Crippen molar-refractivity contribution in [1.29, 1.82) is 0 Å². The van der Waals surface area contributed by atoms with Crippen molar-refractivity contribution in [3.8, 4) is 0 Å². The lowest BCUT2D eigenvalue weighted by Crippen LogP contribution is -2.45. The fourth-order valence-corrected chi connectivity index (χ4v) is 1.02. The molecule has 88 valence electrons. The molecule has 0 aromatic rings. The molecule has 2 amide bonds. The van der Waals surface area contributed by atoms with E-state index in [2.05, 4.69) is 16.0 Å². The Kier molecular flexibility index (Phi) is 7.62. The summed E-state index contributed by atoms with van der Waals surface area (Å²) in [6.45, 7) is 4.93. The Balaban J connectivity index is 3.75. The van der Waals surface area contributed by atoms with Crippen LogP contribution in [0.15, 0.2) is 0 Å². The first-order valence-corrected chi connectivity index (χ1v) is 5.33. The Morgan fingerprint density at radius 1 is 1.27 bits per heavy atom. The van der Waals surface area contributed by atoms with Gasteiger partial charge in [-0.05, 0) is 20.4 Å². The van der Waals surface area contributed by atoms with Gasteiger partial charge in [-0.3, -0.25) is 9.59 Å². The van der Waals surface area contributed by atoms with E-state index < -0.39 is 6.04 Å². The van der Waals surface area contributed by atoms with Crippen LogP contribution in [-0.4, -0.2) is 38.0 Å². The minimum absolute atomic E-state index is 0.108. The van der Waals surface area contributed by atoms with Gasteiger partial charge in [0.25, 0.3) is 0 Å². The van der Waals surface area contributed by atoms with Gasteiger partial charge in [-0.2, -0.15) is 0 Å². The van der Waals surface area contributed by atoms with Crippen molar-refractivity contribution in [3.05, 3.63) is 0 Å². The highest BCUT2D eigenvalue weighted by Gasteiger charge is 2.13. The Hall–Kier alpha value is -1.10. The van der Waals surface area contributed by atoms with Crippen LogP contribution in [0, 0.1) is 0 Å². The van der Waals surface area contributed by atoms with E-state index in [1.54, 1.807) is 14.0 Å². The zero-order valence-electron chi connectivity index (χ0n) is 9.72. The lowest BCUT2D eigenvalue weighted by Gasteiger charge is -2.13. The van der Waals surface area contributed by atoms with Crippen molar-refractivity contribution in [2.75, 3.05) is 20.1 Å². The van der Waals surface area contributed by atoms with E-state index in [0.29, 0.717) is 19.5 Å². The highest BCUT2D eigenvalue weighted by molar-refractivity contribution is 5.87. The lowest BCUT2D eigenvalue weighted by atomic mass is 10.3. The van der Waals surface area contributed by atoms with Gasteiger partial charge in [-0.1, -0.05) is 6.92 Å². The van der Waals surface area contributed by atoms with Crippen molar-refractivity contribution in [2.45, 2.75) is 32.7 Å². The van der Waals surface area contributed by atoms with E-state index in [1.807, 2.05) is 6.92 Å². The van der Waals surface area contributed by atoms with E-state index in [-0.39, 0.29) is 11.8 Å². The number of carbonyl (C=O) groups is 2. The quantitative estimate of drug-likeness (QED) is 0.542. The molecule has 0 radical (unpaired) electrons. The maximum Gasteiger partial charge on any atom is 0.242 e. The fraction of sp³-hybridized carbons (Fsp3) is 0.800. The summed E-state index contributed by atoms with van der Waals surface area (Å²) in [5.74, 6) is -0.238. The third-order valence-electron chi connectivity index (χ3n) is 1.92. The topological polar surface area (TPSA) is 70.2 Å². The van der Waals surface area contributed by atoms with Gasteiger partial charge in [0, 0.05) is 19.5 Å². The molecular formula is C10H21N3O2. The Labute approximate surface area is 91.0 Å². The van der Waals surface area contributed by atoms with E-state index in [0.717, 1.165) is 6.42 Å². The number of hydrogen-bond donors (Lipinski definition) is 3. The minimum atomic E-state index is -0.457. The molecule has 1 unspecified atom stereocenters. The van der Waals surface area contributed by atoms with Crippen LogP contribution in [-0.2, 0) is 9.59 Å². The zero-order valence-corrected chi connectivity index (χ0v) is 9.72. The first kappa shape index (κ1) is 13.9. The molecule has 0 aliphatic rings. The molecule has 1 atom stereocenters. The summed E-state index contributed by atoms with van der Waals surface area (Å²) in [4.78, 5) is 22.6. The van der Waals surface area contributed by atoms with Gasteiger partial charge in [0.05, 0.1) is 0 Å². The number of amides is 2. The highest BCUT2D eigenvalue weighted by atomic mass is 16.2. The number of nitrogens with one attached hydrogen (secondary N) is 3. The van der Waals surface area contributed by atoms with Gasteiger partial charge >= 0.3 is 0 Å². The molecule has 0 spiro atoms. The van der Waals surface area contributed by atoms with E-state index >= 15 is 0 Å². The summed E-state index contributed by atoms with van der Waals surface area (Å²) in [6.07, 6.45) is 1.29. The lowest BCUT2D eigenvalue weighted by molar-refractivity contribution is -0.128. The largest absolute Gasteiger partial charge is 0.354 e. The van der Waals surface area contributed by atoms with E-state index in [4.69, 9.17) is 0 Å². The SMILES string of the molecule is CCCNC(=O)C(C)NC(=O)CCNC. The molecule has 0 aromatic carbocycles. The molecule has 0 saturated heterocycles. The number of carbonyl (C=O) groups excluding carboxylic acids is 2. The fourth-order valence-electron chi connectivity index (χ4n) is 1.02. The summed E-state index contributed by atoms with van der Waals surface area (Å²) >= 11 is 0. The molecule has 0 rings (SSSR count). The molecule has 15 heavy (non-hydrogen) atoms. The first-order valence-electron chi connectivity index (χ1n) is 5.33. The van der Waals surface area contributed by atoms with Gasteiger partial charge in [0.1, 0.15) is 6.04 Å². The third-order valence-corrected chi connectivity index (χ3v) is 1.92. The van der Waals surface area contributed by atoms with Crippen molar-refractivity contribution in [3.63, 3.8) is 0 Å². The summed E-state index contributed by atoms with van der Waals surface area (Å²) in [7, 11) is 1.78. The normalized spacial score (nSPS) is 11.9. The second-order valence-corrected chi connectivity index (χ2v) is 3.43. The molecule has 0 aliphatic carbocycles. The van der Waals surface area contributed by atoms with Gasteiger partial charge in [0.15, 0.2) is 0 Å². The predicted octanol–water partition coefficient (Wildman–Crippen LogP) is -0.373. The van der Waals surface area contributed by atoms with Gasteiger partial charge in [0.2, 0.25) is 11.8 Å². The third kappa shape index (κ3) is 6.90. The highest BCUT2D eigenvalue weighted by Crippen LogP contribution is 1.85. The second-order valence-electron chi connectivity index (χ2n) is 3.43. The Bertz CT molecular complexity index is 207. The Morgan fingerprint density at radius 2 is 1.93 bits per heavy atom. The van der Waals surface area contributed by atoms with Crippen molar-refractivity contribution in [1.82, 2.24) is 16.0 Å². The molecule has 0 aliphatic heterocycles. The predicted molar refractivity (Wildman–Crippen MR) is 59.4 cm³/mol. The van der Waals surface area contributed by atoms with Gasteiger partial charge in [-0.25, -0.2) is 0 Å². The number of rotatable bonds is 7. The van der Waals surface area contributed by atoms with Crippen LogP contribution >= 0.6 is 0 Å². The maximum atomic E-state index is 11.4. The van der Waals surface area contributed by atoms with Crippen LogP contribution in [0.3, 0.4) is 0 Å². The van der Waals surface area contributed by atoms with Crippen LogP contribution in [0.5, 0.6) is 0 Å². The van der Waals surface area contributed by atoms with Crippen LogP contribution in [0.25, 0.3) is 0 Å². The number of hydrogen-bond acceptors (Lipinski definition) is 3. The standard InChI is InChI=1S/C10H21N3O2/c1-4-6-12-10(15)8(2)13-9(14)5-7-11-3/h8,11H,4-7H2,1-3H3,(H,12,15)(H,13,14). The monoisotopic (exact) mass is 215 g/mol. The molecular weight excluding hydrogens is 194 g/mol. The average molecular weight is 215 g/mol. The van der Waals surface area contributed by atoms with Crippen molar-refractivity contribution in [2.24, 2.45) is 0 Å². The van der Waals surface area contributed by atoms with Crippen LogP contribution in [0.4, 0.5) is 0 Å². The molecule has 0 heterocycles. The van der Waals surface area contributed by atoms with Crippen LogP contribution < -0.4 is 16.0 Å². The van der Waals surface area contributed by atoms with Crippen molar-refractivity contribution >= 4 is 11.8 Å². The van der Waals surface area contributed by atoms with Crippen molar-refractivity contribution < 1.29 is 9.59 Å². The molecule has 0 saturated carbocycles. The van der Waals surface area contributed by atoms with Gasteiger partial charge in [-0.15, -0.1) is 0 Å². The smallest absolute Gasteiger partial charge is 0.242 e. The summed E-state index contributed by atoms with van der Waals surface area (Å²) in [5, 5.41) is 8.23. The molecule has 0 fully saturated rings. The van der Waals surface area contributed by atoms with E-state index in [1.165, 1.54) is 0 Å². The molecule has 5 heteroatoms. The summed E-state index contributed by atoms with van der Waals surface area (Å²) < 4.78 is 0. The molecule has 5 nitrogen and oxygen atoms in total. The second kappa shape index (κ2) is 8.23. The Morgan fingerprint density at radius 3 is 2.47 bits per heavy atom. The van der Waals surface area contributed by atoms with Gasteiger partial charge < -0.3 is 16.0 Å². The van der Waals surface area contributed by atoms with Crippen LogP contribution in [0.2, 0.25) is 0 Å². The minimum Gasteiger partial charge on any atom is -0.354 e. The van der Waals surface area contributed by atoms with Crippen LogP contribution in [0.1, 0.15) is 26.7 Å². The first-order chi connectivity index (χ1) is 7.11. The molecule has 0 bridgehead atoms. The maximum absolute atomic E-state index is 11.4. The zero-order chi connectivity index (χ0) is 11.7.